The molecule has 0 radical (unpaired) electrons. The van der Waals surface area contributed by atoms with Crippen molar-refractivity contribution in [2.45, 2.75) is 38.8 Å². The Morgan fingerprint density at radius 3 is 2.88 bits per heavy atom. The number of nitrogens with one attached hydrogen (secondary N) is 1. The van der Waals surface area contributed by atoms with Crippen molar-refractivity contribution in [3.05, 3.63) is 18.5 Å². The van der Waals surface area contributed by atoms with E-state index in [9.17, 15) is 4.79 Å². The van der Waals surface area contributed by atoms with Crippen LogP contribution in [-0.2, 0) is 11.3 Å². The molecule has 0 aliphatic rings. The normalized spacial score (nSPS) is 11.4. The Bertz CT molecular complexity index is 313. The minimum atomic E-state index is -0.438. The Hall–Kier alpha value is -1.36. The van der Waals surface area contributed by atoms with Crippen molar-refractivity contribution in [2.24, 2.45) is 5.73 Å². The third-order valence-electron chi connectivity index (χ3n) is 2.06. The minimum Gasteiger partial charge on any atom is -0.356 e. The van der Waals surface area contributed by atoms with Gasteiger partial charge in [0.15, 0.2) is 0 Å². The summed E-state index contributed by atoms with van der Waals surface area (Å²) in [4.78, 5) is 11.4. The van der Waals surface area contributed by atoms with Gasteiger partial charge in [0.05, 0.1) is 0 Å². The van der Waals surface area contributed by atoms with E-state index in [4.69, 9.17) is 5.73 Å². The molecular formula is C11H20N4O. The number of carbonyl (C=O) groups excluding carboxylic acids is 1. The molecule has 0 aromatic carbocycles. The molecular weight excluding hydrogens is 204 g/mol. The first-order valence-electron chi connectivity index (χ1n) is 5.50. The molecule has 1 aromatic rings. The Balaban J connectivity index is 2.09. The molecule has 0 fully saturated rings. The molecule has 0 aliphatic heterocycles. The first-order chi connectivity index (χ1) is 7.47. The Kier molecular flexibility index (Phi) is 4.49. The lowest BCUT2D eigenvalue weighted by atomic mass is 10.0. The van der Waals surface area contributed by atoms with Crippen LogP contribution in [0.3, 0.4) is 0 Å². The van der Waals surface area contributed by atoms with Crippen LogP contribution < -0.4 is 11.1 Å². The van der Waals surface area contributed by atoms with Crippen molar-refractivity contribution >= 4 is 5.91 Å². The Labute approximate surface area is 96.0 Å². The van der Waals surface area contributed by atoms with Gasteiger partial charge >= 0.3 is 0 Å². The number of nitrogens with zero attached hydrogens (tertiary/aromatic N) is 2. The van der Waals surface area contributed by atoms with E-state index in [0.29, 0.717) is 13.0 Å². The lowest BCUT2D eigenvalue weighted by Gasteiger charge is -2.17. The molecule has 1 heterocycles. The van der Waals surface area contributed by atoms with E-state index in [-0.39, 0.29) is 5.91 Å². The highest BCUT2D eigenvalue weighted by Crippen LogP contribution is 2.02. The molecule has 0 saturated heterocycles. The fraction of sp³-hybridized carbons (Fsp3) is 0.636. The average molecular weight is 224 g/mol. The molecule has 1 aromatic heterocycles. The minimum absolute atomic E-state index is 0.00738. The second kappa shape index (κ2) is 5.65. The number of hydrogen-bond acceptors (Lipinski definition) is 3. The smallest absolute Gasteiger partial charge is 0.221 e. The van der Waals surface area contributed by atoms with Crippen molar-refractivity contribution in [1.82, 2.24) is 15.1 Å². The molecule has 0 bridgehead atoms. The van der Waals surface area contributed by atoms with E-state index >= 15 is 0 Å². The molecule has 0 saturated carbocycles. The number of carbonyl (C=O) groups is 1. The monoisotopic (exact) mass is 224 g/mol. The van der Waals surface area contributed by atoms with Gasteiger partial charge in [0.1, 0.15) is 0 Å². The number of nitrogens with two attached hydrogens (primary N) is 1. The SMILES string of the molecule is CC(C)(N)CC(=O)NCCCn1cccn1. The number of aryl methyl sites for hydroxylation is 1. The Morgan fingerprint density at radius 1 is 1.56 bits per heavy atom. The summed E-state index contributed by atoms with van der Waals surface area (Å²) in [5.74, 6) is 0.00738. The summed E-state index contributed by atoms with van der Waals surface area (Å²) in [6, 6.07) is 1.88. The van der Waals surface area contributed by atoms with E-state index in [1.807, 2.05) is 30.8 Å². The predicted molar refractivity (Wildman–Crippen MR) is 62.7 cm³/mol. The summed E-state index contributed by atoms with van der Waals surface area (Å²) in [7, 11) is 0. The van der Waals surface area contributed by atoms with Crippen molar-refractivity contribution < 1.29 is 4.79 Å². The van der Waals surface area contributed by atoms with Crippen molar-refractivity contribution in [3.8, 4) is 0 Å². The maximum absolute atomic E-state index is 11.4. The van der Waals surface area contributed by atoms with Crippen LogP contribution in [0.2, 0.25) is 0 Å². The first kappa shape index (κ1) is 12.7. The topological polar surface area (TPSA) is 72.9 Å². The van der Waals surface area contributed by atoms with Gasteiger partial charge in [-0.25, -0.2) is 0 Å². The molecule has 0 atom stereocenters. The van der Waals surface area contributed by atoms with Crippen LogP contribution in [0.5, 0.6) is 0 Å². The van der Waals surface area contributed by atoms with Crippen LogP contribution in [0.4, 0.5) is 0 Å². The molecule has 0 aliphatic carbocycles. The molecule has 1 amide bonds. The van der Waals surface area contributed by atoms with Gasteiger partial charge in [0.2, 0.25) is 5.91 Å². The lowest BCUT2D eigenvalue weighted by Crippen LogP contribution is -2.39. The van der Waals surface area contributed by atoms with Gasteiger partial charge in [0, 0.05) is 37.4 Å². The van der Waals surface area contributed by atoms with Gasteiger partial charge in [-0.05, 0) is 26.3 Å². The molecule has 1 rings (SSSR count). The Morgan fingerprint density at radius 2 is 2.31 bits per heavy atom. The van der Waals surface area contributed by atoms with Gasteiger partial charge in [-0.15, -0.1) is 0 Å². The number of hydrogen-bond donors (Lipinski definition) is 2. The maximum atomic E-state index is 11.4. The van der Waals surface area contributed by atoms with Gasteiger partial charge < -0.3 is 11.1 Å². The molecule has 16 heavy (non-hydrogen) atoms. The third kappa shape index (κ3) is 5.50. The van der Waals surface area contributed by atoms with Gasteiger partial charge in [-0.1, -0.05) is 0 Å². The van der Waals surface area contributed by atoms with Gasteiger partial charge in [-0.2, -0.15) is 5.10 Å². The van der Waals surface area contributed by atoms with Crippen LogP contribution >= 0.6 is 0 Å². The van der Waals surface area contributed by atoms with E-state index in [1.54, 1.807) is 6.20 Å². The highest BCUT2D eigenvalue weighted by molar-refractivity contribution is 5.76. The highest BCUT2D eigenvalue weighted by atomic mass is 16.1. The number of amides is 1. The van der Waals surface area contributed by atoms with Crippen LogP contribution in [0.25, 0.3) is 0 Å². The summed E-state index contributed by atoms with van der Waals surface area (Å²) in [5.41, 5.74) is 5.30. The molecule has 0 spiro atoms. The largest absolute Gasteiger partial charge is 0.356 e. The number of rotatable bonds is 6. The molecule has 5 heteroatoms. The summed E-state index contributed by atoms with van der Waals surface area (Å²) >= 11 is 0. The number of aromatic nitrogens is 2. The van der Waals surface area contributed by atoms with Gasteiger partial charge in [0.25, 0.3) is 0 Å². The molecule has 3 N–H and O–H groups in total. The van der Waals surface area contributed by atoms with Gasteiger partial charge in [-0.3, -0.25) is 9.48 Å². The zero-order valence-corrected chi connectivity index (χ0v) is 9.94. The van der Waals surface area contributed by atoms with E-state index < -0.39 is 5.54 Å². The highest BCUT2D eigenvalue weighted by Gasteiger charge is 2.15. The maximum Gasteiger partial charge on any atom is 0.221 e. The zero-order chi connectivity index (χ0) is 12.0. The first-order valence-corrected chi connectivity index (χ1v) is 5.50. The van der Waals surface area contributed by atoms with Crippen molar-refractivity contribution in [3.63, 3.8) is 0 Å². The fourth-order valence-electron chi connectivity index (χ4n) is 1.38. The van der Waals surface area contributed by atoms with Crippen LogP contribution in [0.1, 0.15) is 26.7 Å². The second-order valence-corrected chi connectivity index (χ2v) is 4.64. The molecule has 0 unspecified atom stereocenters. The summed E-state index contributed by atoms with van der Waals surface area (Å²) in [6.07, 6.45) is 4.88. The van der Waals surface area contributed by atoms with Crippen LogP contribution in [0.15, 0.2) is 18.5 Å². The molecule has 5 nitrogen and oxygen atoms in total. The zero-order valence-electron chi connectivity index (χ0n) is 9.94. The predicted octanol–water partition coefficient (Wildman–Crippen LogP) is 0.517. The second-order valence-electron chi connectivity index (χ2n) is 4.64. The van der Waals surface area contributed by atoms with Crippen molar-refractivity contribution in [1.29, 1.82) is 0 Å². The van der Waals surface area contributed by atoms with Crippen LogP contribution in [0, 0.1) is 0 Å². The van der Waals surface area contributed by atoms with E-state index in [1.165, 1.54) is 0 Å². The summed E-state index contributed by atoms with van der Waals surface area (Å²) in [5, 5.41) is 6.92. The van der Waals surface area contributed by atoms with Crippen molar-refractivity contribution in [2.75, 3.05) is 6.54 Å². The standard InChI is InChI=1S/C11H20N4O/c1-11(2,12)9-10(16)13-5-3-7-15-8-4-6-14-15/h4,6,8H,3,5,7,9,12H2,1-2H3,(H,13,16). The third-order valence-corrected chi connectivity index (χ3v) is 2.06. The average Bonchev–Trinajstić information content (AvgIpc) is 2.62. The molecule has 90 valence electrons. The van der Waals surface area contributed by atoms with E-state index in [0.717, 1.165) is 13.0 Å². The fourth-order valence-corrected chi connectivity index (χ4v) is 1.38. The van der Waals surface area contributed by atoms with E-state index in [2.05, 4.69) is 10.4 Å². The summed E-state index contributed by atoms with van der Waals surface area (Å²) < 4.78 is 1.85. The summed E-state index contributed by atoms with van der Waals surface area (Å²) in [6.45, 7) is 5.17. The lowest BCUT2D eigenvalue weighted by molar-refractivity contribution is -0.122. The quantitative estimate of drug-likeness (QED) is 0.692. The van der Waals surface area contributed by atoms with Crippen LogP contribution in [-0.4, -0.2) is 27.8 Å².